The Hall–Kier alpha value is -3.15. The van der Waals surface area contributed by atoms with Crippen LogP contribution in [0.1, 0.15) is 11.1 Å². The summed E-state index contributed by atoms with van der Waals surface area (Å²) in [6.07, 6.45) is 1.57. The van der Waals surface area contributed by atoms with E-state index in [-0.39, 0.29) is 22.2 Å². The van der Waals surface area contributed by atoms with E-state index in [0.29, 0.717) is 43.2 Å². The lowest BCUT2D eigenvalue weighted by Gasteiger charge is -2.28. The smallest absolute Gasteiger partial charge is 0.287 e. The molecule has 2 aliphatic rings. The average Bonchev–Trinajstić information content (AvgIpc) is 3.07. The normalized spacial score (nSPS) is 17.8. The van der Waals surface area contributed by atoms with Gasteiger partial charge >= 0.3 is 0 Å². The second-order valence-electron chi connectivity index (χ2n) is 7.37. The van der Waals surface area contributed by atoms with Crippen molar-refractivity contribution < 1.29 is 23.0 Å². The Bertz CT molecular complexity index is 1160. The highest BCUT2D eigenvalue weighted by Crippen LogP contribution is 2.32. The van der Waals surface area contributed by atoms with Crippen molar-refractivity contribution in [2.75, 3.05) is 52.2 Å². The number of anilines is 1. The third kappa shape index (κ3) is 4.54. The molecule has 4 rings (SSSR count). The first-order chi connectivity index (χ1) is 15.4. The molecule has 0 unspecified atom stereocenters. The highest BCUT2D eigenvalue weighted by molar-refractivity contribution is 7.91. The Labute approximate surface area is 186 Å². The maximum absolute atomic E-state index is 12.7. The van der Waals surface area contributed by atoms with Crippen molar-refractivity contribution in [2.45, 2.75) is 4.90 Å². The fourth-order valence-corrected chi connectivity index (χ4v) is 4.92. The number of amidine groups is 1. The molecule has 0 spiro atoms. The number of methoxy groups -OCH3 is 1. The zero-order valence-corrected chi connectivity index (χ0v) is 18.5. The lowest BCUT2D eigenvalue weighted by molar-refractivity contribution is 0.0360. The molecule has 0 bridgehead atoms. The molecule has 2 aliphatic heterocycles. The van der Waals surface area contributed by atoms with Crippen molar-refractivity contribution in [2.24, 2.45) is 9.50 Å². The Morgan fingerprint density at radius 2 is 2.09 bits per heavy atom. The van der Waals surface area contributed by atoms with Crippen LogP contribution in [0.15, 0.2) is 50.8 Å². The predicted octanol–water partition coefficient (Wildman–Crippen LogP) is 1.10. The predicted molar refractivity (Wildman–Crippen MR) is 121 cm³/mol. The lowest BCUT2D eigenvalue weighted by atomic mass is 10.1. The molecule has 32 heavy (non-hydrogen) atoms. The van der Waals surface area contributed by atoms with Gasteiger partial charge in [0.05, 0.1) is 38.8 Å². The maximum Gasteiger partial charge on any atom is 0.287 e. The number of sulfonamides is 1. The summed E-state index contributed by atoms with van der Waals surface area (Å²) in [7, 11) is -2.45. The monoisotopic (exact) mass is 459 g/mol. The fraction of sp³-hybridized carbons (Fsp3) is 0.333. The summed E-state index contributed by atoms with van der Waals surface area (Å²) >= 11 is 0. The maximum atomic E-state index is 12.7. The molecule has 3 N–H and O–H groups in total. The van der Waals surface area contributed by atoms with Gasteiger partial charge in [-0.05, 0) is 35.9 Å². The standard InChI is InChI=1S/C21H25N5O5S/c1-30-19-13-15(5-6-18(19)27)14-23-26(8-7-25-9-11-31-12-10-25)21-16-3-2-4-17(22)20(16)32(28,29)24-21/h2-6,13-14,27H,7-12,22H2,1H3/b23-14+. The summed E-state index contributed by atoms with van der Waals surface area (Å²) in [6, 6.07) is 9.73. The molecule has 0 saturated carbocycles. The van der Waals surface area contributed by atoms with Crippen LogP contribution in [0.2, 0.25) is 0 Å². The molecule has 1 saturated heterocycles. The average molecular weight is 460 g/mol. The van der Waals surface area contributed by atoms with Crippen LogP contribution >= 0.6 is 0 Å². The first-order valence-corrected chi connectivity index (χ1v) is 11.6. The molecular weight excluding hydrogens is 434 g/mol. The van der Waals surface area contributed by atoms with E-state index in [1.165, 1.54) is 13.2 Å². The van der Waals surface area contributed by atoms with Crippen LogP contribution in [0.25, 0.3) is 0 Å². The largest absolute Gasteiger partial charge is 0.504 e. The number of hydrogen-bond acceptors (Lipinski definition) is 9. The van der Waals surface area contributed by atoms with Crippen LogP contribution < -0.4 is 10.5 Å². The van der Waals surface area contributed by atoms with Crippen LogP contribution in [0.4, 0.5) is 5.69 Å². The lowest BCUT2D eigenvalue weighted by Crippen LogP contribution is -2.41. The molecule has 0 amide bonds. The van der Waals surface area contributed by atoms with Gasteiger partial charge in [-0.2, -0.15) is 13.5 Å². The van der Waals surface area contributed by atoms with Crippen LogP contribution in [0.3, 0.4) is 0 Å². The number of nitrogens with zero attached hydrogens (tertiary/aromatic N) is 4. The minimum absolute atomic E-state index is 0.00729. The highest BCUT2D eigenvalue weighted by Gasteiger charge is 2.34. The zero-order chi connectivity index (χ0) is 22.7. The third-order valence-corrected chi connectivity index (χ3v) is 6.66. The number of hydrogen-bond donors (Lipinski definition) is 2. The molecule has 0 aromatic heterocycles. The van der Waals surface area contributed by atoms with Gasteiger partial charge in [0.2, 0.25) is 0 Å². The van der Waals surface area contributed by atoms with E-state index < -0.39 is 10.0 Å². The second-order valence-corrected chi connectivity index (χ2v) is 8.91. The molecule has 10 nitrogen and oxygen atoms in total. The number of aromatic hydroxyl groups is 1. The van der Waals surface area contributed by atoms with Gasteiger partial charge in [-0.1, -0.05) is 6.07 Å². The first kappa shape index (κ1) is 22.1. The van der Waals surface area contributed by atoms with Gasteiger partial charge in [0.25, 0.3) is 10.0 Å². The van der Waals surface area contributed by atoms with Gasteiger partial charge in [0.15, 0.2) is 17.3 Å². The van der Waals surface area contributed by atoms with Gasteiger partial charge in [-0.25, -0.2) is 5.01 Å². The molecular formula is C21H25N5O5S. The molecule has 2 aromatic carbocycles. The summed E-state index contributed by atoms with van der Waals surface area (Å²) in [5.41, 5.74) is 7.19. The molecule has 2 aromatic rings. The fourth-order valence-electron chi connectivity index (χ4n) is 3.60. The number of phenolic OH excluding ortho intramolecular Hbond substituents is 1. The Kier molecular flexibility index (Phi) is 6.31. The van der Waals surface area contributed by atoms with Gasteiger partial charge in [0, 0.05) is 25.2 Å². The van der Waals surface area contributed by atoms with Crippen molar-refractivity contribution in [3.8, 4) is 11.5 Å². The van der Waals surface area contributed by atoms with Crippen molar-refractivity contribution in [3.05, 3.63) is 47.5 Å². The number of fused-ring (bicyclic) bond motifs is 1. The Balaban J connectivity index is 1.66. The number of phenols is 1. The molecule has 0 atom stereocenters. The molecule has 170 valence electrons. The van der Waals surface area contributed by atoms with E-state index in [1.807, 2.05) is 0 Å². The van der Waals surface area contributed by atoms with Gasteiger partial charge in [-0.15, -0.1) is 4.40 Å². The number of morpholine rings is 1. The van der Waals surface area contributed by atoms with Crippen LogP contribution in [-0.4, -0.2) is 82.0 Å². The van der Waals surface area contributed by atoms with Crippen LogP contribution in [-0.2, 0) is 14.8 Å². The number of hydrazone groups is 1. The summed E-state index contributed by atoms with van der Waals surface area (Å²) in [5.74, 6) is 0.555. The van der Waals surface area contributed by atoms with E-state index in [2.05, 4.69) is 14.4 Å². The number of ether oxygens (including phenoxy) is 2. The molecule has 0 radical (unpaired) electrons. The molecule has 11 heteroatoms. The Morgan fingerprint density at radius 3 is 2.84 bits per heavy atom. The highest BCUT2D eigenvalue weighted by atomic mass is 32.2. The molecule has 1 fully saturated rings. The Morgan fingerprint density at radius 1 is 1.31 bits per heavy atom. The van der Waals surface area contributed by atoms with Crippen molar-refractivity contribution in [3.63, 3.8) is 0 Å². The van der Waals surface area contributed by atoms with E-state index in [9.17, 15) is 13.5 Å². The quantitative estimate of drug-likeness (QED) is 0.373. The van der Waals surface area contributed by atoms with E-state index in [4.69, 9.17) is 15.2 Å². The number of rotatable bonds is 6. The van der Waals surface area contributed by atoms with Crippen molar-refractivity contribution in [1.82, 2.24) is 9.91 Å². The van der Waals surface area contributed by atoms with Crippen molar-refractivity contribution in [1.29, 1.82) is 0 Å². The molecule has 2 heterocycles. The van der Waals surface area contributed by atoms with E-state index in [0.717, 1.165) is 13.1 Å². The summed E-state index contributed by atoms with van der Waals surface area (Å²) in [4.78, 5) is 2.23. The van der Waals surface area contributed by atoms with Gasteiger partial charge < -0.3 is 20.3 Å². The third-order valence-electron chi connectivity index (χ3n) is 5.28. The topological polar surface area (TPSA) is 130 Å². The van der Waals surface area contributed by atoms with Gasteiger partial charge in [-0.3, -0.25) is 4.90 Å². The van der Waals surface area contributed by atoms with Gasteiger partial charge in [0.1, 0.15) is 4.90 Å². The van der Waals surface area contributed by atoms with E-state index in [1.54, 1.807) is 41.6 Å². The SMILES string of the molecule is COc1cc(/C=N/N(CCN2CCOCC2)C2=NS(=O)(=O)c3c(N)cccc32)ccc1O. The van der Waals surface area contributed by atoms with Crippen LogP contribution in [0, 0.1) is 0 Å². The number of benzene rings is 2. The summed E-state index contributed by atoms with van der Waals surface area (Å²) in [6.45, 7) is 3.96. The number of nitrogens with two attached hydrogens (primary N) is 1. The van der Waals surface area contributed by atoms with Crippen molar-refractivity contribution >= 4 is 27.8 Å². The molecule has 0 aliphatic carbocycles. The first-order valence-electron chi connectivity index (χ1n) is 10.1. The van der Waals surface area contributed by atoms with Crippen LogP contribution in [0.5, 0.6) is 11.5 Å². The minimum Gasteiger partial charge on any atom is -0.504 e. The minimum atomic E-state index is -3.91. The summed E-state index contributed by atoms with van der Waals surface area (Å²) < 4.78 is 39.9. The number of nitrogen functional groups attached to an aromatic ring is 1. The summed E-state index contributed by atoms with van der Waals surface area (Å²) in [5, 5.41) is 15.9. The zero-order valence-electron chi connectivity index (χ0n) is 17.6. The van der Waals surface area contributed by atoms with E-state index >= 15 is 0 Å². The second kappa shape index (κ2) is 9.15.